The molecule has 0 saturated carbocycles. The Kier molecular flexibility index (Phi) is 4.08. The first-order chi connectivity index (χ1) is 9.02. The van der Waals surface area contributed by atoms with E-state index < -0.39 is 17.8 Å². The van der Waals surface area contributed by atoms with Crippen molar-refractivity contribution in [2.24, 2.45) is 0 Å². The molecule has 0 aromatic heterocycles. The standard InChI is InChI=1S/C13H13F3N2O/c14-13(15,16)11-3-1-2-10(8-11)12(9-17)18-4-6-19-7-5-18/h1-3,8,12H,4-7H2. The third kappa shape index (κ3) is 3.25. The lowest BCUT2D eigenvalue weighted by molar-refractivity contribution is -0.137. The Bertz CT molecular complexity index is 476. The number of nitrogens with zero attached hydrogens (tertiary/aromatic N) is 2. The fourth-order valence-electron chi connectivity index (χ4n) is 2.09. The molecule has 102 valence electrons. The third-order valence-corrected chi connectivity index (χ3v) is 3.06. The monoisotopic (exact) mass is 270 g/mol. The van der Waals surface area contributed by atoms with Crippen LogP contribution in [-0.4, -0.2) is 31.2 Å². The number of hydrogen-bond acceptors (Lipinski definition) is 3. The van der Waals surface area contributed by atoms with Crippen molar-refractivity contribution in [2.75, 3.05) is 26.3 Å². The number of alkyl halides is 3. The summed E-state index contributed by atoms with van der Waals surface area (Å²) in [6, 6.07) is 6.36. The number of rotatable bonds is 2. The minimum atomic E-state index is -4.39. The van der Waals surface area contributed by atoms with Crippen molar-refractivity contribution < 1.29 is 17.9 Å². The second-order valence-electron chi connectivity index (χ2n) is 4.30. The van der Waals surface area contributed by atoms with E-state index >= 15 is 0 Å². The molecule has 0 aliphatic carbocycles. The van der Waals surface area contributed by atoms with Crippen molar-refractivity contribution in [1.82, 2.24) is 4.90 Å². The normalized spacial score (nSPS) is 18.8. The van der Waals surface area contributed by atoms with Gasteiger partial charge in [-0.15, -0.1) is 0 Å². The summed E-state index contributed by atoms with van der Waals surface area (Å²) in [5, 5.41) is 9.21. The van der Waals surface area contributed by atoms with Gasteiger partial charge < -0.3 is 4.74 Å². The van der Waals surface area contributed by atoms with Crippen LogP contribution >= 0.6 is 0 Å². The van der Waals surface area contributed by atoms with Crippen LogP contribution in [0, 0.1) is 11.3 Å². The molecule has 1 atom stereocenters. The summed E-state index contributed by atoms with van der Waals surface area (Å²) in [5.74, 6) is 0. The predicted molar refractivity (Wildman–Crippen MR) is 62.2 cm³/mol. The first-order valence-corrected chi connectivity index (χ1v) is 5.91. The highest BCUT2D eigenvalue weighted by atomic mass is 19.4. The van der Waals surface area contributed by atoms with Crippen molar-refractivity contribution in [3.63, 3.8) is 0 Å². The van der Waals surface area contributed by atoms with Crippen LogP contribution < -0.4 is 0 Å². The molecule has 1 aliphatic rings. The molecule has 19 heavy (non-hydrogen) atoms. The average Bonchev–Trinajstić information content (AvgIpc) is 2.40. The maximum atomic E-state index is 12.7. The van der Waals surface area contributed by atoms with Crippen LogP contribution in [0.25, 0.3) is 0 Å². The van der Waals surface area contributed by atoms with E-state index in [9.17, 15) is 18.4 Å². The molecule has 0 spiro atoms. The molecule has 6 heteroatoms. The molecule has 0 N–H and O–H groups in total. The van der Waals surface area contributed by atoms with E-state index in [1.807, 2.05) is 4.90 Å². The smallest absolute Gasteiger partial charge is 0.379 e. The van der Waals surface area contributed by atoms with Gasteiger partial charge in [-0.1, -0.05) is 12.1 Å². The van der Waals surface area contributed by atoms with Crippen molar-refractivity contribution in [1.29, 1.82) is 5.26 Å². The Morgan fingerprint density at radius 3 is 2.53 bits per heavy atom. The predicted octanol–water partition coefficient (Wildman–Crippen LogP) is 2.60. The minimum absolute atomic E-state index is 0.374. The number of hydrogen-bond donors (Lipinski definition) is 0. The SMILES string of the molecule is N#CC(c1cccc(C(F)(F)F)c1)N1CCOCC1. The molecule has 3 nitrogen and oxygen atoms in total. The van der Waals surface area contributed by atoms with E-state index in [-0.39, 0.29) is 0 Å². The van der Waals surface area contributed by atoms with Crippen LogP contribution in [0.15, 0.2) is 24.3 Å². The van der Waals surface area contributed by atoms with Gasteiger partial charge in [0.25, 0.3) is 0 Å². The zero-order chi connectivity index (χ0) is 13.9. The maximum Gasteiger partial charge on any atom is 0.416 e. The van der Waals surface area contributed by atoms with Gasteiger partial charge in [0.05, 0.1) is 24.8 Å². The lowest BCUT2D eigenvalue weighted by Crippen LogP contribution is -2.38. The van der Waals surface area contributed by atoms with E-state index in [0.29, 0.717) is 31.9 Å². The van der Waals surface area contributed by atoms with Gasteiger partial charge in [-0.05, 0) is 17.7 Å². The number of halogens is 3. The Balaban J connectivity index is 2.26. The molecule has 1 aromatic rings. The van der Waals surface area contributed by atoms with Gasteiger partial charge in [0, 0.05) is 13.1 Å². The highest BCUT2D eigenvalue weighted by molar-refractivity contribution is 5.31. The summed E-state index contributed by atoms with van der Waals surface area (Å²) in [6.07, 6.45) is -4.39. The van der Waals surface area contributed by atoms with Crippen LogP contribution in [0.2, 0.25) is 0 Å². The largest absolute Gasteiger partial charge is 0.416 e. The number of morpholine rings is 1. The lowest BCUT2D eigenvalue weighted by atomic mass is 10.0. The Morgan fingerprint density at radius 1 is 1.26 bits per heavy atom. The Labute approximate surface area is 109 Å². The van der Waals surface area contributed by atoms with Gasteiger partial charge in [-0.25, -0.2) is 0 Å². The second kappa shape index (κ2) is 5.59. The lowest BCUT2D eigenvalue weighted by Gasteiger charge is -2.30. The minimum Gasteiger partial charge on any atom is -0.379 e. The molecule has 1 saturated heterocycles. The molecule has 1 heterocycles. The average molecular weight is 270 g/mol. The summed E-state index contributed by atoms with van der Waals surface area (Å²) in [5.41, 5.74) is -0.349. The zero-order valence-electron chi connectivity index (χ0n) is 10.2. The van der Waals surface area contributed by atoms with Crippen molar-refractivity contribution in [2.45, 2.75) is 12.2 Å². The summed E-state index contributed by atoms with van der Waals surface area (Å²) in [6.45, 7) is 2.09. The van der Waals surface area contributed by atoms with Gasteiger partial charge in [0.2, 0.25) is 0 Å². The topological polar surface area (TPSA) is 36.3 Å². The molecule has 0 radical (unpaired) electrons. The van der Waals surface area contributed by atoms with Crippen LogP contribution in [0.3, 0.4) is 0 Å². The van der Waals surface area contributed by atoms with E-state index in [1.165, 1.54) is 6.07 Å². The summed E-state index contributed by atoms with van der Waals surface area (Å²) >= 11 is 0. The Morgan fingerprint density at radius 2 is 1.95 bits per heavy atom. The summed E-state index contributed by atoms with van der Waals surface area (Å²) in [4.78, 5) is 1.83. The molecule has 1 aliphatic heterocycles. The Hall–Kier alpha value is -1.58. The first kappa shape index (κ1) is 13.8. The molecule has 1 fully saturated rings. The van der Waals surface area contributed by atoms with E-state index in [2.05, 4.69) is 6.07 Å². The van der Waals surface area contributed by atoms with Gasteiger partial charge in [-0.2, -0.15) is 18.4 Å². The third-order valence-electron chi connectivity index (χ3n) is 3.06. The van der Waals surface area contributed by atoms with Gasteiger partial charge in [0.1, 0.15) is 6.04 Å². The van der Waals surface area contributed by atoms with Crippen molar-refractivity contribution in [3.05, 3.63) is 35.4 Å². The molecule has 1 aromatic carbocycles. The summed E-state index contributed by atoms with van der Waals surface area (Å²) < 4.78 is 43.2. The molecular weight excluding hydrogens is 257 g/mol. The second-order valence-corrected chi connectivity index (χ2v) is 4.30. The summed E-state index contributed by atoms with van der Waals surface area (Å²) in [7, 11) is 0. The molecular formula is C13H13F3N2O. The molecule has 2 rings (SSSR count). The van der Waals surface area contributed by atoms with Crippen molar-refractivity contribution >= 4 is 0 Å². The van der Waals surface area contributed by atoms with Gasteiger partial charge in [0.15, 0.2) is 0 Å². The fraction of sp³-hybridized carbons (Fsp3) is 0.462. The highest BCUT2D eigenvalue weighted by Gasteiger charge is 2.31. The molecule has 1 unspecified atom stereocenters. The van der Waals surface area contributed by atoms with Crippen molar-refractivity contribution in [3.8, 4) is 6.07 Å². The molecule has 0 amide bonds. The number of nitriles is 1. The maximum absolute atomic E-state index is 12.7. The van der Waals surface area contributed by atoms with Gasteiger partial charge in [-0.3, -0.25) is 4.90 Å². The van der Waals surface area contributed by atoms with Gasteiger partial charge >= 0.3 is 6.18 Å². The first-order valence-electron chi connectivity index (χ1n) is 5.91. The fourth-order valence-corrected chi connectivity index (χ4v) is 2.09. The highest BCUT2D eigenvalue weighted by Crippen LogP contribution is 2.31. The van der Waals surface area contributed by atoms with Crippen LogP contribution in [0.5, 0.6) is 0 Å². The zero-order valence-corrected chi connectivity index (χ0v) is 10.2. The van der Waals surface area contributed by atoms with E-state index in [1.54, 1.807) is 6.07 Å². The van der Waals surface area contributed by atoms with E-state index in [0.717, 1.165) is 12.1 Å². The molecule has 0 bridgehead atoms. The number of ether oxygens (including phenoxy) is 1. The van der Waals surface area contributed by atoms with Crippen LogP contribution in [-0.2, 0) is 10.9 Å². The van der Waals surface area contributed by atoms with Crippen LogP contribution in [0.4, 0.5) is 13.2 Å². The number of benzene rings is 1. The van der Waals surface area contributed by atoms with E-state index in [4.69, 9.17) is 4.74 Å². The van der Waals surface area contributed by atoms with Crippen LogP contribution in [0.1, 0.15) is 17.2 Å². The quantitative estimate of drug-likeness (QED) is 0.828.